The maximum Gasteiger partial charge on any atom is 0.0859 e. The van der Waals surface area contributed by atoms with E-state index in [-0.39, 0.29) is 0 Å². The minimum absolute atomic E-state index is 0.621. The smallest absolute Gasteiger partial charge is 0.0859 e. The second kappa shape index (κ2) is 5.55. The standard InChI is InChI=1S/C4H8I2O/c1-2-7-3-4(5)6/h4H,2-3H2,1H3. The lowest BCUT2D eigenvalue weighted by molar-refractivity contribution is 0.164. The monoisotopic (exact) mass is 326 g/mol. The van der Waals surface area contributed by atoms with Crippen LogP contribution in [0, 0.1) is 0 Å². The van der Waals surface area contributed by atoms with E-state index in [1.54, 1.807) is 0 Å². The Morgan fingerprint density at radius 3 is 2.29 bits per heavy atom. The Morgan fingerprint density at radius 2 is 2.14 bits per heavy atom. The van der Waals surface area contributed by atoms with E-state index in [1.807, 2.05) is 6.92 Å². The Bertz CT molecular complexity index is 38.7. The zero-order valence-corrected chi connectivity index (χ0v) is 8.47. The molecular formula is C4H8I2O. The van der Waals surface area contributed by atoms with Crippen LogP contribution in [-0.2, 0) is 4.74 Å². The first-order valence-corrected chi connectivity index (χ1v) is 4.62. The molecule has 0 aliphatic heterocycles. The Hall–Kier alpha value is 1.42. The molecule has 0 aromatic carbocycles. The molecule has 0 amide bonds. The summed E-state index contributed by atoms with van der Waals surface area (Å²) in [5.74, 6) is 0. The molecule has 0 radical (unpaired) electrons. The summed E-state index contributed by atoms with van der Waals surface area (Å²) in [5, 5.41) is 0. The highest BCUT2D eigenvalue weighted by Crippen LogP contribution is 2.08. The van der Waals surface area contributed by atoms with Crippen molar-refractivity contribution in [3.05, 3.63) is 0 Å². The highest BCUT2D eigenvalue weighted by molar-refractivity contribution is 14.2. The number of rotatable bonds is 3. The predicted molar refractivity (Wildman–Crippen MR) is 48.3 cm³/mol. The quantitative estimate of drug-likeness (QED) is 0.571. The van der Waals surface area contributed by atoms with Crippen molar-refractivity contribution in [3.63, 3.8) is 0 Å². The lowest BCUT2D eigenvalue weighted by atomic mass is 10.8. The maximum absolute atomic E-state index is 5.08. The van der Waals surface area contributed by atoms with Gasteiger partial charge in [-0.15, -0.1) is 0 Å². The number of hydrogen-bond acceptors (Lipinski definition) is 1. The van der Waals surface area contributed by atoms with E-state index in [2.05, 4.69) is 45.2 Å². The van der Waals surface area contributed by atoms with Crippen LogP contribution in [-0.4, -0.2) is 15.1 Å². The number of hydrogen-bond donors (Lipinski definition) is 0. The molecule has 0 bridgehead atoms. The van der Waals surface area contributed by atoms with Crippen LogP contribution < -0.4 is 0 Å². The van der Waals surface area contributed by atoms with E-state index in [0.717, 1.165) is 13.2 Å². The Balaban J connectivity index is 2.68. The fourth-order valence-corrected chi connectivity index (χ4v) is 0.715. The molecule has 0 atom stereocenters. The SMILES string of the molecule is CCOCC(I)I. The molecule has 0 heterocycles. The number of halogens is 2. The van der Waals surface area contributed by atoms with Crippen molar-refractivity contribution >= 4 is 45.2 Å². The molecule has 0 aromatic rings. The fourth-order valence-electron chi connectivity index (χ4n) is 0.207. The summed E-state index contributed by atoms with van der Waals surface area (Å²) in [6.07, 6.45) is 0. The summed E-state index contributed by atoms with van der Waals surface area (Å²) >= 11 is 4.65. The van der Waals surface area contributed by atoms with E-state index in [1.165, 1.54) is 0 Å². The van der Waals surface area contributed by atoms with Crippen LogP contribution in [0.2, 0.25) is 0 Å². The molecule has 7 heavy (non-hydrogen) atoms. The van der Waals surface area contributed by atoms with E-state index in [0.29, 0.717) is 1.93 Å². The topological polar surface area (TPSA) is 9.23 Å². The molecule has 0 saturated carbocycles. The van der Waals surface area contributed by atoms with Crippen LogP contribution >= 0.6 is 45.2 Å². The van der Waals surface area contributed by atoms with Crippen molar-refractivity contribution in [2.45, 2.75) is 8.86 Å². The van der Waals surface area contributed by atoms with Crippen LogP contribution in [0.4, 0.5) is 0 Å². The summed E-state index contributed by atoms with van der Waals surface area (Å²) in [7, 11) is 0. The van der Waals surface area contributed by atoms with Crippen molar-refractivity contribution < 1.29 is 4.74 Å². The van der Waals surface area contributed by atoms with Gasteiger partial charge in [0.1, 0.15) is 0 Å². The van der Waals surface area contributed by atoms with Crippen molar-refractivity contribution in [3.8, 4) is 0 Å². The van der Waals surface area contributed by atoms with Crippen molar-refractivity contribution in [2.24, 2.45) is 0 Å². The molecule has 3 heteroatoms. The lowest BCUT2D eigenvalue weighted by Gasteiger charge is -1.98. The summed E-state index contributed by atoms with van der Waals surface area (Å²) in [4.78, 5) is 0. The minimum atomic E-state index is 0.621. The van der Waals surface area contributed by atoms with Crippen LogP contribution in [0.3, 0.4) is 0 Å². The Labute approximate surface area is 71.5 Å². The van der Waals surface area contributed by atoms with Crippen LogP contribution in [0.15, 0.2) is 0 Å². The second-order valence-corrected chi connectivity index (χ2v) is 6.44. The van der Waals surface area contributed by atoms with Crippen LogP contribution in [0.5, 0.6) is 0 Å². The predicted octanol–water partition coefficient (Wildman–Crippen LogP) is 2.22. The summed E-state index contributed by atoms with van der Waals surface area (Å²) < 4.78 is 5.70. The van der Waals surface area contributed by atoms with Gasteiger partial charge in [0.15, 0.2) is 0 Å². The second-order valence-electron chi connectivity index (χ2n) is 1.05. The fraction of sp³-hybridized carbons (Fsp3) is 1.00. The molecule has 1 nitrogen and oxygen atoms in total. The summed E-state index contributed by atoms with van der Waals surface area (Å²) in [5.41, 5.74) is 0. The third kappa shape index (κ3) is 7.42. The zero-order chi connectivity index (χ0) is 5.70. The molecule has 44 valence electrons. The Kier molecular flexibility index (Phi) is 6.68. The van der Waals surface area contributed by atoms with Gasteiger partial charge in [0.25, 0.3) is 0 Å². The van der Waals surface area contributed by atoms with Gasteiger partial charge in [0, 0.05) is 6.61 Å². The molecule has 0 aliphatic rings. The van der Waals surface area contributed by atoms with Gasteiger partial charge in [-0.2, -0.15) is 0 Å². The van der Waals surface area contributed by atoms with Gasteiger partial charge < -0.3 is 4.74 Å². The van der Waals surface area contributed by atoms with E-state index < -0.39 is 0 Å². The third-order valence-corrected chi connectivity index (χ3v) is 1.17. The van der Waals surface area contributed by atoms with Crippen molar-refractivity contribution in [1.29, 1.82) is 0 Å². The van der Waals surface area contributed by atoms with E-state index >= 15 is 0 Å². The summed E-state index contributed by atoms with van der Waals surface area (Å²) in [6.45, 7) is 3.72. The highest BCUT2D eigenvalue weighted by atomic mass is 127. The van der Waals surface area contributed by atoms with Gasteiger partial charge in [-0.1, -0.05) is 45.2 Å². The molecule has 0 spiro atoms. The van der Waals surface area contributed by atoms with Gasteiger partial charge >= 0.3 is 0 Å². The first-order chi connectivity index (χ1) is 3.27. The molecule has 0 unspecified atom stereocenters. The normalized spacial score (nSPS) is 10.3. The molecule has 0 aliphatic carbocycles. The molecule has 0 aromatic heterocycles. The third-order valence-electron chi connectivity index (χ3n) is 0.448. The Morgan fingerprint density at radius 1 is 1.57 bits per heavy atom. The molecule has 0 fully saturated rings. The summed E-state index contributed by atoms with van der Waals surface area (Å²) in [6, 6.07) is 0. The maximum atomic E-state index is 5.08. The molecule has 0 N–H and O–H groups in total. The van der Waals surface area contributed by atoms with Gasteiger partial charge in [0.2, 0.25) is 0 Å². The highest BCUT2D eigenvalue weighted by Gasteiger charge is 1.92. The average Bonchev–Trinajstić information content (AvgIpc) is 1.61. The van der Waals surface area contributed by atoms with Gasteiger partial charge in [-0.25, -0.2) is 0 Å². The molecule has 0 rings (SSSR count). The number of alkyl halides is 2. The largest absolute Gasteiger partial charge is 0.380 e. The van der Waals surface area contributed by atoms with Crippen molar-refractivity contribution in [2.75, 3.05) is 13.2 Å². The van der Waals surface area contributed by atoms with Gasteiger partial charge in [-0.3, -0.25) is 0 Å². The number of ether oxygens (including phenoxy) is 1. The minimum Gasteiger partial charge on any atom is -0.380 e. The van der Waals surface area contributed by atoms with E-state index in [4.69, 9.17) is 4.74 Å². The van der Waals surface area contributed by atoms with Crippen molar-refractivity contribution in [1.82, 2.24) is 0 Å². The molecule has 0 saturated heterocycles. The molecular weight excluding hydrogens is 318 g/mol. The zero-order valence-electron chi connectivity index (χ0n) is 4.16. The average molecular weight is 326 g/mol. The van der Waals surface area contributed by atoms with Crippen LogP contribution in [0.1, 0.15) is 6.92 Å². The van der Waals surface area contributed by atoms with Gasteiger partial charge in [0.05, 0.1) is 8.54 Å². The first kappa shape index (κ1) is 8.42. The van der Waals surface area contributed by atoms with E-state index in [9.17, 15) is 0 Å². The van der Waals surface area contributed by atoms with Crippen LogP contribution in [0.25, 0.3) is 0 Å². The lowest BCUT2D eigenvalue weighted by Crippen LogP contribution is -1.99. The van der Waals surface area contributed by atoms with Gasteiger partial charge in [-0.05, 0) is 6.92 Å². The first-order valence-electron chi connectivity index (χ1n) is 2.13.